The van der Waals surface area contributed by atoms with Gasteiger partial charge in [-0.2, -0.15) is 0 Å². The zero-order chi connectivity index (χ0) is 10.8. The number of aryl methyl sites for hydroxylation is 1. The fraction of sp³-hybridized carbons (Fsp3) is 0.455. The number of halogens is 1. The number of rotatable bonds is 2. The fourth-order valence-corrected chi connectivity index (χ4v) is 1.60. The molecule has 1 fully saturated rings. The van der Waals surface area contributed by atoms with Gasteiger partial charge in [-0.05, 0) is 24.6 Å². The second kappa shape index (κ2) is 4.26. The van der Waals surface area contributed by atoms with Crippen molar-refractivity contribution in [2.45, 2.75) is 19.3 Å². The molecule has 4 heteroatoms. The lowest BCUT2D eigenvalue weighted by Crippen LogP contribution is -2.21. The first-order valence-electron chi connectivity index (χ1n) is 4.94. The van der Waals surface area contributed by atoms with Gasteiger partial charge in [-0.3, -0.25) is 0 Å². The van der Waals surface area contributed by atoms with Crippen LogP contribution in [-0.4, -0.2) is 19.3 Å². The maximum atomic E-state index is 13.0. The summed E-state index contributed by atoms with van der Waals surface area (Å²) in [5.41, 5.74) is 7.16. The molecule has 15 heavy (non-hydrogen) atoms. The van der Waals surface area contributed by atoms with E-state index in [2.05, 4.69) is 0 Å². The third kappa shape index (κ3) is 2.17. The summed E-state index contributed by atoms with van der Waals surface area (Å²) in [5, 5.41) is 0. The number of benzene rings is 1. The van der Waals surface area contributed by atoms with Crippen LogP contribution in [0.5, 0.6) is 0 Å². The summed E-state index contributed by atoms with van der Waals surface area (Å²) < 4.78 is 24.0. The highest BCUT2D eigenvalue weighted by atomic mass is 19.1. The third-order valence-electron chi connectivity index (χ3n) is 2.51. The summed E-state index contributed by atoms with van der Waals surface area (Å²) in [6, 6.07) is 4.58. The average Bonchev–Trinajstić information content (AvgIpc) is 2.70. The van der Waals surface area contributed by atoms with Crippen molar-refractivity contribution in [2.24, 2.45) is 5.73 Å². The van der Waals surface area contributed by atoms with Crippen LogP contribution in [0.1, 0.15) is 17.4 Å². The molecule has 1 aromatic carbocycles. The van der Waals surface area contributed by atoms with Gasteiger partial charge in [0.25, 0.3) is 0 Å². The summed E-state index contributed by atoms with van der Waals surface area (Å²) in [5.74, 6) is -0.279. The molecule has 0 spiro atoms. The molecule has 1 heterocycles. The Morgan fingerprint density at radius 2 is 2.33 bits per heavy atom. The molecule has 1 aromatic rings. The largest absolute Gasteiger partial charge is 0.346 e. The first-order valence-corrected chi connectivity index (χ1v) is 4.94. The molecule has 2 unspecified atom stereocenters. The van der Waals surface area contributed by atoms with Crippen molar-refractivity contribution >= 4 is 0 Å². The molecule has 0 aliphatic carbocycles. The van der Waals surface area contributed by atoms with Gasteiger partial charge < -0.3 is 15.2 Å². The monoisotopic (exact) mass is 211 g/mol. The Morgan fingerprint density at radius 1 is 1.53 bits per heavy atom. The quantitative estimate of drug-likeness (QED) is 0.806. The van der Waals surface area contributed by atoms with Crippen molar-refractivity contribution in [3.63, 3.8) is 0 Å². The highest BCUT2D eigenvalue weighted by molar-refractivity contribution is 5.28. The van der Waals surface area contributed by atoms with Crippen LogP contribution >= 0.6 is 0 Å². The van der Waals surface area contributed by atoms with E-state index >= 15 is 0 Å². The molecule has 0 saturated carbocycles. The van der Waals surface area contributed by atoms with E-state index in [-0.39, 0.29) is 11.9 Å². The van der Waals surface area contributed by atoms with Crippen molar-refractivity contribution in [1.82, 2.24) is 0 Å². The van der Waals surface area contributed by atoms with Crippen LogP contribution in [0.15, 0.2) is 18.2 Å². The minimum Gasteiger partial charge on any atom is -0.346 e. The van der Waals surface area contributed by atoms with Crippen LogP contribution < -0.4 is 5.73 Å². The van der Waals surface area contributed by atoms with E-state index in [1.54, 1.807) is 6.07 Å². The van der Waals surface area contributed by atoms with Crippen LogP contribution in [0.4, 0.5) is 4.39 Å². The fourth-order valence-electron chi connectivity index (χ4n) is 1.60. The van der Waals surface area contributed by atoms with E-state index in [9.17, 15) is 4.39 Å². The van der Waals surface area contributed by atoms with E-state index < -0.39 is 6.29 Å². The summed E-state index contributed by atoms with van der Waals surface area (Å²) in [4.78, 5) is 0. The zero-order valence-corrected chi connectivity index (χ0v) is 8.57. The van der Waals surface area contributed by atoms with Gasteiger partial charge in [-0.1, -0.05) is 6.07 Å². The predicted molar refractivity (Wildman–Crippen MR) is 53.8 cm³/mol. The Balaban J connectivity index is 2.19. The van der Waals surface area contributed by atoms with Gasteiger partial charge in [0.05, 0.1) is 12.7 Å². The molecule has 2 rings (SSSR count). The average molecular weight is 211 g/mol. The normalized spacial score (nSPS) is 25.8. The second-order valence-electron chi connectivity index (χ2n) is 3.66. The first-order chi connectivity index (χ1) is 7.20. The van der Waals surface area contributed by atoms with E-state index in [4.69, 9.17) is 15.2 Å². The van der Waals surface area contributed by atoms with Crippen molar-refractivity contribution in [3.05, 3.63) is 35.1 Å². The highest BCUT2D eigenvalue weighted by Crippen LogP contribution is 2.29. The molecule has 2 N–H and O–H groups in total. The number of ether oxygens (including phenoxy) is 2. The third-order valence-corrected chi connectivity index (χ3v) is 2.51. The predicted octanol–water partition coefficient (Wildman–Crippen LogP) is 1.51. The van der Waals surface area contributed by atoms with Gasteiger partial charge in [0, 0.05) is 12.1 Å². The van der Waals surface area contributed by atoms with Gasteiger partial charge in [-0.15, -0.1) is 0 Å². The Hall–Kier alpha value is -0.970. The second-order valence-corrected chi connectivity index (χ2v) is 3.66. The lowest BCUT2D eigenvalue weighted by molar-refractivity contribution is -0.0591. The molecule has 0 amide bonds. The van der Waals surface area contributed by atoms with Crippen molar-refractivity contribution in [3.8, 4) is 0 Å². The van der Waals surface area contributed by atoms with Crippen LogP contribution in [0.2, 0.25) is 0 Å². The molecule has 2 atom stereocenters. The van der Waals surface area contributed by atoms with E-state index in [1.165, 1.54) is 12.1 Å². The summed E-state index contributed by atoms with van der Waals surface area (Å²) in [6.07, 6.45) is -0.563. The first kappa shape index (κ1) is 10.5. The summed E-state index contributed by atoms with van der Waals surface area (Å²) in [7, 11) is 0. The van der Waals surface area contributed by atoms with Crippen molar-refractivity contribution < 1.29 is 13.9 Å². The van der Waals surface area contributed by atoms with E-state index in [1.807, 2.05) is 6.92 Å². The standard InChI is InChI=1S/C11H14FNO2/c1-7-2-3-8(12)4-10(7)11-14-6-9(5-13)15-11/h2-4,9,11H,5-6,13H2,1H3. The molecular formula is C11H14FNO2. The van der Waals surface area contributed by atoms with Crippen LogP contribution in [0.3, 0.4) is 0 Å². The van der Waals surface area contributed by atoms with Crippen LogP contribution in [0.25, 0.3) is 0 Å². The smallest absolute Gasteiger partial charge is 0.184 e. The van der Waals surface area contributed by atoms with Crippen molar-refractivity contribution in [1.29, 1.82) is 0 Å². The molecule has 1 saturated heterocycles. The molecule has 0 aromatic heterocycles. The Labute approximate surface area is 88.0 Å². The number of nitrogens with two attached hydrogens (primary N) is 1. The van der Waals surface area contributed by atoms with Gasteiger partial charge in [0.15, 0.2) is 6.29 Å². The maximum Gasteiger partial charge on any atom is 0.184 e. The summed E-state index contributed by atoms with van der Waals surface area (Å²) in [6.45, 7) is 2.79. The van der Waals surface area contributed by atoms with Gasteiger partial charge >= 0.3 is 0 Å². The molecule has 3 nitrogen and oxygen atoms in total. The SMILES string of the molecule is Cc1ccc(F)cc1C1OCC(CN)O1. The zero-order valence-electron chi connectivity index (χ0n) is 8.57. The Bertz CT molecular complexity index is 356. The van der Waals surface area contributed by atoms with Crippen LogP contribution in [-0.2, 0) is 9.47 Å². The van der Waals surface area contributed by atoms with Gasteiger partial charge in [-0.25, -0.2) is 4.39 Å². The molecule has 0 radical (unpaired) electrons. The molecule has 1 aliphatic rings. The van der Waals surface area contributed by atoms with E-state index in [0.29, 0.717) is 13.2 Å². The highest BCUT2D eigenvalue weighted by Gasteiger charge is 2.27. The molecule has 0 bridgehead atoms. The Morgan fingerprint density at radius 3 is 3.00 bits per heavy atom. The van der Waals surface area contributed by atoms with Crippen LogP contribution in [0, 0.1) is 12.7 Å². The lowest BCUT2D eigenvalue weighted by atomic mass is 10.1. The molecule has 1 aliphatic heterocycles. The molecular weight excluding hydrogens is 197 g/mol. The van der Waals surface area contributed by atoms with Gasteiger partial charge in [0.1, 0.15) is 5.82 Å². The van der Waals surface area contributed by atoms with Crippen molar-refractivity contribution in [2.75, 3.05) is 13.2 Å². The van der Waals surface area contributed by atoms with Gasteiger partial charge in [0.2, 0.25) is 0 Å². The number of hydrogen-bond donors (Lipinski definition) is 1. The molecule has 82 valence electrons. The number of hydrogen-bond acceptors (Lipinski definition) is 3. The van der Waals surface area contributed by atoms with E-state index in [0.717, 1.165) is 11.1 Å². The maximum absolute atomic E-state index is 13.0. The Kier molecular flexibility index (Phi) is 3.00. The minimum atomic E-state index is -0.478. The minimum absolute atomic E-state index is 0.0855. The topological polar surface area (TPSA) is 44.5 Å². The lowest BCUT2D eigenvalue weighted by Gasteiger charge is -2.13. The summed E-state index contributed by atoms with van der Waals surface area (Å²) >= 11 is 0.